The zero-order valence-electron chi connectivity index (χ0n) is 14.8. The Morgan fingerprint density at radius 1 is 1.07 bits per heavy atom. The maximum atomic E-state index is 12.6. The lowest BCUT2D eigenvalue weighted by Gasteiger charge is -2.14. The number of hydrogen-bond acceptors (Lipinski definition) is 5. The summed E-state index contributed by atoms with van der Waals surface area (Å²) in [5, 5.41) is 5.41. The minimum absolute atomic E-state index is 0.0226. The molecule has 2 aromatic carbocycles. The lowest BCUT2D eigenvalue weighted by molar-refractivity contribution is -0.118. The Morgan fingerprint density at radius 3 is 2.71 bits per heavy atom. The fraction of sp³-hybridized carbons (Fsp3) is 0.0952. The minimum atomic E-state index is -0.847. The van der Waals surface area contributed by atoms with Crippen molar-refractivity contribution in [2.75, 3.05) is 11.9 Å². The van der Waals surface area contributed by atoms with Crippen molar-refractivity contribution in [3.05, 3.63) is 78.6 Å². The smallest absolute Gasteiger partial charge is 0.270 e. The molecular formula is C21H17N3O4. The number of anilines is 1. The summed E-state index contributed by atoms with van der Waals surface area (Å²) < 4.78 is 11.3. The summed E-state index contributed by atoms with van der Waals surface area (Å²) in [5.74, 6) is 0.835. The predicted molar refractivity (Wildman–Crippen MR) is 103 cm³/mol. The van der Waals surface area contributed by atoms with Crippen molar-refractivity contribution in [2.45, 2.75) is 6.04 Å². The van der Waals surface area contributed by atoms with Gasteiger partial charge in [-0.05, 0) is 30.3 Å². The van der Waals surface area contributed by atoms with Crippen molar-refractivity contribution in [1.29, 1.82) is 0 Å². The van der Waals surface area contributed by atoms with Crippen molar-refractivity contribution in [1.82, 2.24) is 10.3 Å². The average molecular weight is 375 g/mol. The number of carbonyl (C=O) groups is 2. The quantitative estimate of drug-likeness (QED) is 0.732. The largest absolute Gasteiger partial charge is 0.489 e. The van der Waals surface area contributed by atoms with Crippen LogP contribution in [0.2, 0.25) is 0 Å². The lowest BCUT2D eigenvalue weighted by Crippen LogP contribution is -2.46. The number of para-hydroxylation sites is 3. The molecule has 7 heteroatoms. The predicted octanol–water partition coefficient (Wildman–Crippen LogP) is 3.00. The van der Waals surface area contributed by atoms with Crippen LogP contribution < -0.4 is 20.1 Å². The molecule has 0 saturated carbocycles. The van der Waals surface area contributed by atoms with Crippen molar-refractivity contribution in [3.63, 3.8) is 0 Å². The van der Waals surface area contributed by atoms with Crippen LogP contribution in [0.5, 0.6) is 17.2 Å². The van der Waals surface area contributed by atoms with Crippen molar-refractivity contribution in [3.8, 4) is 17.2 Å². The van der Waals surface area contributed by atoms with Crippen molar-refractivity contribution in [2.24, 2.45) is 0 Å². The molecule has 0 radical (unpaired) electrons. The third-order valence-corrected chi connectivity index (χ3v) is 4.12. The maximum absolute atomic E-state index is 12.6. The number of aromatic nitrogens is 1. The first-order valence-corrected chi connectivity index (χ1v) is 8.71. The Morgan fingerprint density at radius 2 is 1.86 bits per heavy atom. The highest BCUT2D eigenvalue weighted by atomic mass is 16.5. The SMILES string of the molecule is O=C(N[C@H]1COc2ccccc2NC1=O)c1cc(Oc2ccccc2)ccn1. The number of nitrogens with zero attached hydrogens (tertiary/aromatic N) is 1. The molecule has 4 rings (SSSR count). The van der Waals surface area contributed by atoms with E-state index in [0.29, 0.717) is 22.9 Å². The van der Waals surface area contributed by atoms with Gasteiger partial charge >= 0.3 is 0 Å². The van der Waals surface area contributed by atoms with Gasteiger partial charge in [-0.15, -0.1) is 0 Å². The van der Waals surface area contributed by atoms with Crippen molar-refractivity contribution >= 4 is 17.5 Å². The molecule has 140 valence electrons. The summed E-state index contributed by atoms with van der Waals surface area (Å²) in [6, 6.07) is 18.6. The van der Waals surface area contributed by atoms with Crippen LogP contribution in [-0.2, 0) is 4.79 Å². The van der Waals surface area contributed by atoms with Gasteiger partial charge in [0.05, 0.1) is 5.69 Å². The maximum Gasteiger partial charge on any atom is 0.270 e. The highest BCUT2D eigenvalue weighted by Gasteiger charge is 2.27. The van der Waals surface area contributed by atoms with E-state index in [9.17, 15) is 9.59 Å². The molecule has 1 atom stereocenters. The van der Waals surface area contributed by atoms with Crippen LogP contribution in [0, 0.1) is 0 Å². The number of fused-ring (bicyclic) bond motifs is 1. The number of pyridine rings is 1. The van der Waals surface area contributed by atoms with Crippen LogP contribution >= 0.6 is 0 Å². The minimum Gasteiger partial charge on any atom is -0.489 e. The molecule has 1 aliphatic rings. The van der Waals surface area contributed by atoms with Gasteiger partial charge in [-0.25, -0.2) is 0 Å². The highest BCUT2D eigenvalue weighted by molar-refractivity contribution is 6.01. The first kappa shape index (κ1) is 17.5. The van der Waals surface area contributed by atoms with E-state index in [1.165, 1.54) is 12.3 Å². The normalized spacial score (nSPS) is 15.4. The number of ether oxygens (including phenoxy) is 2. The van der Waals surface area contributed by atoms with Crippen LogP contribution in [-0.4, -0.2) is 29.4 Å². The van der Waals surface area contributed by atoms with E-state index < -0.39 is 11.9 Å². The number of carbonyl (C=O) groups excluding carboxylic acids is 2. The van der Waals surface area contributed by atoms with Gasteiger partial charge in [0.1, 0.15) is 35.6 Å². The van der Waals surface area contributed by atoms with E-state index in [2.05, 4.69) is 15.6 Å². The van der Waals surface area contributed by atoms with Crippen LogP contribution in [0.3, 0.4) is 0 Å². The summed E-state index contributed by atoms with van der Waals surface area (Å²) in [7, 11) is 0. The number of nitrogens with one attached hydrogen (secondary N) is 2. The highest BCUT2D eigenvalue weighted by Crippen LogP contribution is 2.26. The van der Waals surface area contributed by atoms with E-state index in [4.69, 9.17) is 9.47 Å². The Kier molecular flexibility index (Phi) is 4.88. The molecule has 2 heterocycles. The molecule has 7 nitrogen and oxygen atoms in total. The first-order chi connectivity index (χ1) is 13.7. The third-order valence-electron chi connectivity index (χ3n) is 4.12. The number of amides is 2. The average Bonchev–Trinajstić information content (AvgIpc) is 2.88. The zero-order chi connectivity index (χ0) is 19.3. The molecule has 3 aromatic rings. The Bertz CT molecular complexity index is 1010. The number of hydrogen-bond donors (Lipinski definition) is 2. The van der Waals surface area contributed by atoms with E-state index >= 15 is 0 Å². The van der Waals surface area contributed by atoms with Gasteiger partial charge in [-0.3, -0.25) is 14.6 Å². The van der Waals surface area contributed by atoms with Crippen molar-refractivity contribution < 1.29 is 19.1 Å². The summed E-state index contributed by atoms with van der Waals surface area (Å²) >= 11 is 0. The van der Waals surface area contributed by atoms with E-state index in [1.807, 2.05) is 36.4 Å². The molecule has 0 fully saturated rings. The van der Waals surface area contributed by atoms with Gasteiger partial charge in [0, 0.05) is 12.3 Å². The molecule has 1 aliphatic heterocycles. The Labute approximate surface area is 161 Å². The molecular weight excluding hydrogens is 358 g/mol. The van der Waals surface area contributed by atoms with Gasteiger partial charge in [-0.2, -0.15) is 0 Å². The fourth-order valence-electron chi connectivity index (χ4n) is 2.73. The number of benzene rings is 2. The number of rotatable bonds is 4. The zero-order valence-corrected chi connectivity index (χ0v) is 14.8. The topological polar surface area (TPSA) is 89.6 Å². The molecule has 2 N–H and O–H groups in total. The molecule has 0 spiro atoms. The summed E-state index contributed by atoms with van der Waals surface area (Å²) in [6.45, 7) is 0.0226. The van der Waals surface area contributed by atoms with E-state index in [0.717, 1.165) is 0 Å². The first-order valence-electron chi connectivity index (χ1n) is 8.71. The Hall–Kier alpha value is -3.87. The second-order valence-electron chi connectivity index (χ2n) is 6.11. The fourth-order valence-corrected chi connectivity index (χ4v) is 2.73. The summed E-state index contributed by atoms with van der Waals surface area (Å²) in [5.41, 5.74) is 0.712. The molecule has 0 aliphatic carbocycles. The monoisotopic (exact) mass is 375 g/mol. The lowest BCUT2D eigenvalue weighted by atomic mass is 10.2. The van der Waals surface area contributed by atoms with Crippen LogP contribution in [0.25, 0.3) is 0 Å². The molecule has 0 unspecified atom stereocenters. The van der Waals surface area contributed by atoms with Gasteiger partial charge < -0.3 is 20.1 Å². The standard InChI is InChI=1S/C21H17N3O4/c25-20(17-12-15(10-11-22-17)28-14-6-2-1-3-7-14)24-18-13-27-19-9-5-4-8-16(19)23-21(18)26/h1-12,18H,13H2,(H,23,26)(H,24,25)/t18-/m0/s1. The van der Waals surface area contributed by atoms with Crippen LogP contribution in [0.15, 0.2) is 72.9 Å². The summed E-state index contributed by atoms with van der Waals surface area (Å²) in [4.78, 5) is 29.1. The molecule has 0 saturated heterocycles. The van der Waals surface area contributed by atoms with Crippen LogP contribution in [0.1, 0.15) is 10.5 Å². The van der Waals surface area contributed by atoms with Gasteiger partial charge in [0.25, 0.3) is 11.8 Å². The van der Waals surface area contributed by atoms with E-state index in [1.54, 1.807) is 24.3 Å². The second-order valence-corrected chi connectivity index (χ2v) is 6.11. The van der Waals surface area contributed by atoms with Crippen LogP contribution in [0.4, 0.5) is 5.69 Å². The molecule has 2 amide bonds. The Balaban J connectivity index is 1.45. The van der Waals surface area contributed by atoms with Gasteiger partial charge in [0.15, 0.2) is 0 Å². The van der Waals surface area contributed by atoms with E-state index in [-0.39, 0.29) is 18.2 Å². The summed E-state index contributed by atoms with van der Waals surface area (Å²) in [6.07, 6.45) is 1.48. The van der Waals surface area contributed by atoms with Gasteiger partial charge in [0.2, 0.25) is 0 Å². The molecule has 0 bridgehead atoms. The molecule has 1 aromatic heterocycles. The third kappa shape index (κ3) is 3.93. The molecule has 28 heavy (non-hydrogen) atoms. The second kappa shape index (κ2) is 7.79. The van der Waals surface area contributed by atoms with Gasteiger partial charge in [-0.1, -0.05) is 30.3 Å².